The highest BCUT2D eigenvalue weighted by molar-refractivity contribution is 6.30. The van der Waals surface area contributed by atoms with E-state index in [2.05, 4.69) is 15.6 Å². The van der Waals surface area contributed by atoms with Crippen molar-refractivity contribution in [2.45, 2.75) is 19.9 Å². The standard InChI is InChI=1S/C18H21ClFN3O/c1-2-21-18(22-10-9-13-3-6-15(19)7-4-13)23-12-14-5-8-17(24)16(20)11-14/h3-8,11,24H,2,9-10,12H2,1H3,(H2,21,22,23). The summed E-state index contributed by atoms with van der Waals surface area (Å²) >= 11 is 5.87. The third kappa shape index (κ3) is 5.74. The van der Waals surface area contributed by atoms with Crippen molar-refractivity contribution in [1.29, 1.82) is 0 Å². The highest BCUT2D eigenvalue weighted by atomic mass is 35.5. The molecule has 0 aromatic heterocycles. The number of nitrogens with zero attached hydrogens (tertiary/aromatic N) is 1. The van der Waals surface area contributed by atoms with Gasteiger partial charge in [0.15, 0.2) is 17.5 Å². The number of guanidine groups is 1. The molecule has 0 aliphatic carbocycles. The molecule has 2 aromatic rings. The maximum atomic E-state index is 13.3. The van der Waals surface area contributed by atoms with Gasteiger partial charge in [0.05, 0.1) is 6.54 Å². The van der Waals surface area contributed by atoms with E-state index in [1.54, 1.807) is 6.07 Å². The molecule has 128 valence electrons. The minimum absolute atomic E-state index is 0.327. The van der Waals surface area contributed by atoms with Crippen LogP contribution in [0.15, 0.2) is 47.5 Å². The molecule has 0 bridgehead atoms. The number of aromatic hydroxyl groups is 1. The Balaban J connectivity index is 1.90. The molecule has 6 heteroatoms. The van der Waals surface area contributed by atoms with E-state index in [9.17, 15) is 9.50 Å². The zero-order chi connectivity index (χ0) is 17.4. The Morgan fingerprint density at radius 2 is 1.83 bits per heavy atom. The van der Waals surface area contributed by atoms with E-state index in [1.165, 1.54) is 17.7 Å². The molecule has 0 saturated carbocycles. The maximum Gasteiger partial charge on any atom is 0.191 e. The van der Waals surface area contributed by atoms with Gasteiger partial charge in [0.25, 0.3) is 0 Å². The van der Waals surface area contributed by atoms with Crippen molar-refractivity contribution in [3.63, 3.8) is 0 Å². The van der Waals surface area contributed by atoms with E-state index in [-0.39, 0.29) is 5.75 Å². The molecule has 0 amide bonds. The van der Waals surface area contributed by atoms with Crippen molar-refractivity contribution >= 4 is 17.6 Å². The molecule has 0 fully saturated rings. The van der Waals surface area contributed by atoms with Gasteiger partial charge >= 0.3 is 0 Å². The number of hydrogen-bond acceptors (Lipinski definition) is 2. The monoisotopic (exact) mass is 349 g/mol. The average Bonchev–Trinajstić information content (AvgIpc) is 2.57. The Morgan fingerprint density at radius 3 is 2.50 bits per heavy atom. The molecule has 2 rings (SSSR count). The van der Waals surface area contributed by atoms with Crippen LogP contribution in [0.2, 0.25) is 5.02 Å². The first-order chi connectivity index (χ1) is 11.6. The third-order valence-corrected chi connectivity index (χ3v) is 3.65. The molecule has 0 atom stereocenters. The maximum absolute atomic E-state index is 13.3. The molecule has 3 N–H and O–H groups in total. The Kier molecular flexibility index (Phi) is 6.88. The average molecular weight is 350 g/mol. The lowest BCUT2D eigenvalue weighted by atomic mass is 10.1. The summed E-state index contributed by atoms with van der Waals surface area (Å²) in [5.41, 5.74) is 1.88. The van der Waals surface area contributed by atoms with Gasteiger partial charge in [-0.05, 0) is 48.7 Å². The largest absolute Gasteiger partial charge is 0.505 e. The van der Waals surface area contributed by atoms with Crippen LogP contribution in [0.3, 0.4) is 0 Å². The predicted octanol–water partition coefficient (Wildman–Crippen LogP) is 3.48. The molecule has 0 saturated heterocycles. The first kappa shape index (κ1) is 18.1. The third-order valence-electron chi connectivity index (χ3n) is 3.40. The number of benzene rings is 2. The quantitative estimate of drug-likeness (QED) is 0.553. The van der Waals surface area contributed by atoms with Crippen LogP contribution >= 0.6 is 11.6 Å². The molecule has 0 aliphatic rings. The van der Waals surface area contributed by atoms with E-state index in [1.807, 2.05) is 31.2 Å². The number of halogens is 2. The van der Waals surface area contributed by atoms with E-state index >= 15 is 0 Å². The Labute approximate surface area is 146 Å². The van der Waals surface area contributed by atoms with Crippen LogP contribution in [-0.4, -0.2) is 24.2 Å². The van der Waals surface area contributed by atoms with E-state index in [0.29, 0.717) is 18.1 Å². The molecular formula is C18H21ClFN3O. The van der Waals surface area contributed by atoms with Crippen LogP contribution in [0.25, 0.3) is 0 Å². The summed E-state index contributed by atoms with van der Waals surface area (Å²) in [6, 6.07) is 12.0. The van der Waals surface area contributed by atoms with Crippen molar-refractivity contribution in [2.24, 2.45) is 4.99 Å². The van der Waals surface area contributed by atoms with Gasteiger partial charge in [-0.2, -0.15) is 0 Å². The summed E-state index contributed by atoms with van der Waals surface area (Å²) in [5.74, 6) is -0.320. The van der Waals surface area contributed by atoms with Gasteiger partial charge in [0, 0.05) is 18.1 Å². The van der Waals surface area contributed by atoms with Gasteiger partial charge in [0.1, 0.15) is 0 Å². The number of aliphatic imine (C=N–C) groups is 1. The molecule has 2 aromatic carbocycles. The zero-order valence-corrected chi connectivity index (χ0v) is 14.3. The lowest BCUT2D eigenvalue weighted by molar-refractivity contribution is 0.432. The van der Waals surface area contributed by atoms with Crippen molar-refractivity contribution in [3.05, 3.63) is 64.4 Å². The van der Waals surface area contributed by atoms with Crippen LogP contribution in [0.5, 0.6) is 5.75 Å². The van der Waals surface area contributed by atoms with E-state index in [0.717, 1.165) is 24.5 Å². The minimum atomic E-state index is -0.636. The lowest BCUT2D eigenvalue weighted by Gasteiger charge is -2.11. The van der Waals surface area contributed by atoms with Gasteiger partial charge in [-0.1, -0.05) is 29.8 Å². The second kappa shape index (κ2) is 9.13. The summed E-state index contributed by atoms with van der Waals surface area (Å²) in [7, 11) is 0. The van der Waals surface area contributed by atoms with Crippen molar-refractivity contribution in [1.82, 2.24) is 10.6 Å². The summed E-state index contributed by atoms with van der Waals surface area (Å²) in [4.78, 5) is 4.42. The zero-order valence-electron chi connectivity index (χ0n) is 13.5. The van der Waals surface area contributed by atoms with Gasteiger partial charge in [-0.25, -0.2) is 9.38 Å². The van der Waals surface area contributed by atoms with E-state index < -0.39 is 5.82 Å². The molecular weight excluding hydrogens is 329 g/mol. The molecule has 24 heavy (non-hydrogen) atoms. The Morgan fingerprint density at radius 1 is 1.12 bits per heavy atom. The highest BCUT2D eigenvalue weighted by Gasteiger charge is 2.02. The van der Waals surface area contributed by atoms with Crippen LogP contribution in [0.1, 0.15) is 18.1 Å². The minimum Gasteiger partial charge on any atom is -0.505 e. The Hall–Kier alpha value is -2.27. The van der Waals surface area contributed by atoms with Crippen LogP contribution in [-0.2, 0) is 13.0 Å². The summed E-state index contributed by atoms with van der Waals surface area (Å²) in [5, 5.41) is 16.3. The van der Waals surface area contributed by atoms with Gasteiger partial charge < -0.3 is 15.7 Å². The second-order valence-electron chi connectivity index (χ2n) is 5.28. The van der Waals surface area contributed by atoms with Gasteiger partial charge in [-0.3, -0.25) is 0 Å². The SMILES string of the molecule is CCNC(=NCc1ccc(O)c(F)c1)NCCc1ccc(Cl)cc1. The molecule has 0 unspecified atom stereocenters. The molecule has 0 heterocycles. The second-order valence-corrected chi connectivity index (χ2v) is 5.72. The Bertz CT molecular complexity index is 689. The number of hydrogen-bond donors (Lipinski definition) is 3. The molecule has 0 radical (unpaired) electrons. The van der Waals surface area contributed by atoms with Gasteiger partial charge in [-0.15, -0.1) is 0 Å². The molecule has 4 nitrogen and oxygen atoms in total. The topological polar surface area (TPSA) is 56.7 Å². The van der Waals surface area contributed by atoms with Crippen LogP contribution < -0.4 is 10.6 Å². The number of phenolic OH excluding ortho intramolecular Hbond substituents is 1. The fourth-order valence-corrected chi connectivity index (χ4v) is 2.26. The molecule has 0 aliphatic heterocycles. The van der Waals surface area contributed by atoms with E-state index in [4.69, 9.17) is 11.6 Å². The number of phenols is 1. The smallest absolute Gasteiger partial charge is 0.191 e. The van der Waals surface area contributed by atoms with Crippen molar-refractivity contribution in [3.8, 4) is 5.75 Å². The first-order valence-electron chi connectivity index (χ1n) is 7.82. The number of nitrogens with one attached hydrogen (secondary N) is 2. The fourth-order valence-electron chi connectivity index (χ4n) is 2.14. The first-order valence-corrected chi connectivity index (χ1v) is 8.20. The predicted molar refractivity (Wildman–Crippen MR) is 96.0 cm³/mol. The summed E-state index contributed by atoms with van der Waals surface area (Å²) < 4.78 is 13.3. The van der Waals surface area contributed by atoms with Crippen LogP contribution in [0.4, 0.5) is 4.39 Å². The number of rotatable bonds is 6. The van der Waals surface area contributed by atoms with Crippen molar-refractivity contribution < 1.29 is 9.50 Å². The lowest BCUT2D eigenvalue weighted by Crippen LogP contribution is -2.38. The summed E-state index contributed by atoms with van der Waals surface area (Å²) in [6.45, 7) is 3.76. The molecule has 0 spiro atoms. The summed E-state index contributed by atoms with van der Waals surface area (Å²) in [6.07, 6.45) is 0.843. The highest BCUT2D eigenvalue weighted by Crippen LogP contribution is 2.16. The normalized spacial score (nSPS) is 11.4. The fraction of sp³-hybridized carbons (Fsp3) is 0.278. The van der Waals surface area contributed by atoms with Gasteiger partial charge in [0.2, 0.25) is 0 Å². The van der Waals surface area contributed by atoms with Crippen LogP contribution in [0, 0.1) is 5.82 Å². The van der Waals surface area contributed by atoms with Crippen molar-refractivity contribution in [2.75, 3.05) is 13.1 Å².